The molecule has 0 spiro atoms. The summed E-state index contributed by atoms with van der Waals surface area (Å²) < 4.78 is 10.6. The van der Waals surface area contributed by atoms with E-state index in [2.05, 4.69) is 11.6 Å². The van der Waals surface area contributed by atoms with E-state index in [0.717, 1.165) is 5.56 Å². The fourth-order valence-corrected chi connectivity index (χ4v) is 2.02. The number of pyridine rings is 1. The average Bonchev–Trinajstić information content (AvgIpc) is 2.57. The normalized spacial score (nSPS) is 25.2. The van der Waals surface area contributed by atoms with Crippen molar-refractivity contribution in [2.24, 2.45) is 5.73 Å². The number of aromatic nitrogens is 1. The minimum Gasteiger partial charge on any atom is -0.470 e. The monoisotopic (exact) mass is 248 g/mol. The molecule has 96 valence electrons. The first-order valence-corrected chi connectivity index (χ1v) is 5.76. The first-order valence-electron chi connectivity index (χ1n) is 5.76. The van der Waals surface area contributed by atoms with Crippen LogP contribution < -0.4 is 10.5 Å². The van der Waals surface area contributed by atoms with Gasteiger partial charge in [-0.2, -0.15) is 0 Å². The third-order valence-electron chi connectivity index (χ3n) is 2.84. The smallest absolute Gasteiger partial charge is 0.320 e. The van der Waals surface area contributed by atoms with Crippen molar-refractivity contribution < 1.29 is 14.3 Å². The summed E-state index contributed by atoms with van der Waals surface area (Å²) >= 11 is 0. The molecule has 0 radical (unpaired) electrons. The standard InChI is InChI=1S/C13H16N2O3/c1-4-8-6-9-11(15-7-8)10(12(16)17-5-2)13(3,14)18-9/h4,6-7,10H,1,5,14H2,2-3H3. The van der Waals surface area contributed by atoms with Gasteiger partial charge in [-0.15, -0.1) is 0 Å². The van der Waals surface area contributed by atoms with Gasteiger partial charge in [0, 0.05) is 6.20 Å². The van der Waals surface area contributed by atoms with Gasteiger partial charge in [0.15, 0.2) is 11.6 Å². The van der Waals surface area contributed by atoms with Gasteiger partial charge in [0.2, 0.25) is 0 Å². The lowest BCUT2D eigenvalue weighted by Crippen LogP contribution is -2.47. The Labute approximate surface area is 106 Å². The van der Waals surface area contributed by atoms with Crippen molar-refractivity contribution in [3.8, 4) is 5.75 Å². The third kappa shape index (κ3) is 1.97. The lowest BCUT2D eigenvalue weighted by Gasteiger charge is -2.23. The highest BCUT2D eigenvalue weighted by atomic mass is 16.5. The maximum absolute atomic E-state index is 11.9. The Morgan fingerprint density at radius 3 is 3.11 bits per heavy atom. The molecule has 0 fully saturated rings. The van der Waals surface area contributed by atoms with E-state index in [1.165, 1.54) is 0 Å². The second-order valence-corrected chi connectivity index (χ2v) is 4.33. The topological polar surface area (TPSA) is 74.4 Å². The Morgan fingerprint density at radius 1 is 1.78 bits per heavy atom. The fourth-order valence-electron chi connectivity index (χ4n) is 2.02. The van der Waals surface area contributed by atoms with E-state index >= 15 is 0 Å². The van der Waals surface area contributed by atoms with Crippen LogP contribution in [0, 0.1) is 0 Å². The van der Waals surface area contributed by atoms with Gasteiger partial charge in [0.05, 0.1) is 6.61 Å². The number of ether oxygens (including phenoxy) is 2. The molecule has 0 aromatic carbocycles. The molecule has 0 saturated carbocycles. The lowest BCUT2D eigenvalue weighted by atomic mass is 9.96. The summed E-state index contributed by atoms with van der Waals surface area (Å²) in [7, 11) is 0. The van der Waals surface area contributed by atoms with E-state index in [0.29, 0.717) is 18.1 Å². The Balaban J connectivity index is 2.43. The van der Waals surface area contributed by atoms with Crippen LogP contribution in [0.25, 0.3) is 6.08 Å². The Kier molecular flexibility index (Phi) is 3.09. The highest BCUT2D eigenvalue weighted by molar-refractivity contribution is 5.81. The lowest BCUT2D eigenvalue weighted by molar-refractivity contribution is -0.148. The van der Waals surface area contributed by atoms with Crippen molar-refractivity contribution in [2.75, 3.05) is 6.61 Å². The highest BCUT2D eigenvalue weighted by Crippen LogP contribution is 2.41. The molecule has 0 saturated heterocycles. The van der Waals surface area contributed by atoms with Crippen molar-refractivity contribution >= 4 is 12.0 Å². The minimum absolute atomic E-state index is 0.297. The zero-order valence-electron chi connectivity index (χ0n) is 10.5. The Morgan fingerprint density at radius 2 is 2.50 bits per heavy atom. The van der Waals surface area contributed by atoms with Crippen LogP contribution in [0.3, 0.4) is 0 Å². The van der Waals surface area contributed by atoms with E-state index in [1.807, 2.05) is 0 Å². The third-order valence-corrected chi connectivity index (χ3v) is 2.84. The van der Waals surface area contributed by atoms with E-state index < -0.39 is 17.6 Å². The first kappa shape index (κ1) is 12.6. The first-order chi connectivity index (χ1) is 8.49. The van der Waals surface area contributed by atoms with Crippen LogP contribution in [0.5, 0.6) is 5.75 Å². The number of hydrogen-bond acceptors (Lipinski definition) is 5. The Hall–Kier alpha value is -1.88. The van der Waals surface area contributed by atoms with Gasteiger partial charge < -0.3 is 9.47 Å². The number of rotatable bonds is 3. The van der Waals surface area contributed by atoms with Crippen LogP contribution >= 0.6 is 0 Å². The molecule has 0 aliphatic carbocycles. The summed E-state index contributed by atoms with van der Waals surface area (Å²) in [6.45, 7) is 7.34. The predicted octanol–water partition coefficient (Wildman–Crippen LogP) is 1.44. The van der Waals surface area contributed by atoms with Crippen LogP contribution in [0.4, 0.5) is 0 Å². The van der Waals surface area contributed by atoms with E-state index in [4.69, 9.17) is 15.2 Å². The molecule has 1 aromatic heterocycles. The zero-order valence-corrected chi connectivity index (χ0v) is 10.5. The molecule has 0 bridgehead atoms. The molecule has 5 nitrogen and oxygen atoms in total. The molecule has 18 heavy (non-hydrogen) atoms. The molecule has 2 heterocycles. The summed E-state index contributed by atoms with van der Waals surface area (Å²) in [6.07, 6.45) is 3.28. The summed E-state index contributed by atoms with van der Waals surface area (Å²) in [6, 6.07) is 1.76. The van der Waals surface area contributed by atoms with Crippen molar-refractivity contribution in [2.45, 2.75) is 25.5 Å². The van der Waals surface area contributed by atoms with Crippen LogP contribution in [0.1, 0.15) is 31.0 Å². The molecule has 0 amide bonds. The predicted molar refractivity (Wildman–Crippen MR) is 66.9 cm³/mol. The molecule has 1 aliphatic rings. The fraction of sp³-hybridized carbons (Fsp3) is 0.385. The molecular formula is C13H16N2O3. The van der Waals surface area contributed by atoms with Crippen molar-refractivity contribution in [1.29, 1.82) is 0 Å². The number of nitrogens with two attached hydrogens (primary N) is 1. The molecular weight excluding hydrogens is 232 g/mol. The molecule has 2 rings (SSSR count). The number of esters is 1. The molecule has 2 atom stereocenters. The SMILES string of the molecule is C=Cc1cnc2c(c1)OC(C)(N)C2C(=O)OCC. The van der Waals surface area contributed by atoms with Crippen LogP contribution in [-0.2, 0) is 9.53 Å². The van der Waals surface area contributed by atoms with Crippen molar-refractivity contribution in [3.63, 3.8) is 0 Å². The summed E-state index contributed by atoms with van der Waals surface area (Å²) in [5.74, 6) is -0.609. The van der Waals surface area contributed by atoms with Crippen LogP contribution in [0.2, 0.25) is 0 Å². The van der Waals surface area contributed by atoms with Gasteiger partial charge in [-0.25, -0.2) is 0 Å². The highest BCUT2D eigenvalue weighted by Gasteiger charge is 2.48. The zero-order chi connectivity index (χ0) is 13.3. The van der Waals surface area contributed by atoms with Crippen molar-refractivity contribution in [1.82, 2.24) is 4.98 Å². The number of carbonyl (C=O) groups excluding carboxylic acids is 1. The number of fused-ring (bicyclic) bond motifs is 1. The summed E-state index contributed by atoms with van der Waals surface area (Å²) in [4.78, 5) is 16.2. The molecule has 2 unspecified atom stereocenters. The van der Waals surface area contributed by atoms with E-state index in [1.54, 1.807) is 32.2 Å². The maximum Gasteiger partial charge on any atom is 0.320 e. The largest absolute Gasteiger partial charge is 0.470 e. The summed E-state index contributed by atoms with van der Waals surface area (Å²) in [5.41, 5.74) is 6.20. The second-order valence-electron chi connectivity index (χ2n) is 4.33. The summed E-state index contributed by atoms with van der Waals surface area (Å²) in [5, 5.41) is 0. The van der Waals surface area contributed by atoms with Gasteiger partial charge in [-0.3, -0.25) is 15.5 Å². The van der Waals surface area contributed by atoms with Gasteiger partial charge in [-0.1, -0.05) is 12.7 Å². The van der Waals surface area contributed by atoms with Crippen molar-refractivity contribution in [3.05, 3.63) is 30.1 Å². The van der Waals surface area contributed by atoms with E-state index in [9.17, 15) is 4.79 Å². The number of nitrogens with zero attached hydrogens (tertiary/aromatic N) is 1. The Bertz CT molecular complexity index is 497. The van der Waals surface area contributed by atoms with Gasteiger partial charge >= 0.3 is 5.97 Å². The molecule has 1 aliphatic heterocycles. The van der Waals surface area contributed by atoms with Crippen LogP contribution in [-0.4, -0.2) is 23.3 Å². The number of hydrogen-bond donors (Lipinski definition) is 1. The minimum atomic E-state index is -1.14. The van der Waals surface area contributed by atoms with Gasteiger partial charge in [0.25, 0.3) is 0 Å². The maximum atomic E-state index is 11.9. The van der Waals surface area contributed by atoms with E-state index in [-0.39, 0.29) is 0 Å². The molecule has 1 aromatic rings. The molecule has 2 N–H and O–H groups in total. The second kappa shape index (κ2) is 4.42. The van der Waals surface area contributed by atoms with Gasteiger partial charge in [-0.05, 0) is 25.5 Å². The number of carbonyl (C=O) groups is 1. The quantitative estimate of drug-likeness (QED) is 0.819. The van der Waals surface area contributed by atoms with Gasteiger partial charge in [0.1, 0.15) is 11.4 Å². The average molecular weight is 248 g/mol. The van der Waals surface area contributed by atoms with Crippen LogP contribution in [0.15, 0.2) is 18.8 Å². The molecule has 5 heteroatoms.